The molecule has 1 aromatic rings. The topological polar surface area (TPSA) is 86.7 Å². The molecule has 24 heavy (non-hydrogen) atoms. The SMILES string of the molecule is CCN(CC(=O)O)C1CC(NC(=O)CCC(=O)c2ccccc2)C1. The van der Waals surface area contributed by atoms with E-state index < -0.39 is 5.97 Å². The first-order chi connectivity index (χ1) is 11.5. The second-order valence-corrected chi connectivity index (χ2v) is 6.14. The van der Waals surface area contributed by atoms with Crippen LogP contribution >= 0.6 is 0 Å². The van der Waals surface area contributed by atoms with Crippen LogP contribution in [0.15, 0.2) is 30.3 Å². The molecule has 0 saturated heterocycles. The van der Waals surface area contributed by atoms with Gasteiger partial charge in [0.1, 0.15) is 0 Å². The Hall–Kier alpha value is -2.21. The van der Waals surface area contributed by atoms with Gasteiger partial charge in [-0.2, -0.15) is 0 Å². The first-order valence-corrected chi connectivity index (χ1v) is 8.33. The first-order valence-electron chi connectivity index (χ1n) is 8.33. The average molecular weight is 332 g/mol. The molecule has 0 unspecified atom stereocenters. The average Bonchev–Trinajstić information content (AvgIpc) is 2.54. The van der Waals surface area contributed by atoms with Crippen molar-refractivity contribution >= 4 is 17.7 Å². The molecule has 1 fully saturated rings. The zero-order valence-corrected chi connectivity index (χ0v) is 13.9. The number of ketones is 1. The number of nitrogens with one attached hydrogen (secondary N) is 1. The maximum Gasteiger partial charge on any atom is 0.317 e. The summed E-state index contributed by atoms with van der Waals surface area (Å²) >= 11 is 0. The Morgan fingerprint density at radius 2 is 1.83 bits per heavy atom. The summed E-state index contributed by atoms with van der Waals surface area (Å²) in [6, 6.07) is 9.24. The number of nitrogens with zero attached hydrogens (tertiary/aromatic N) is 1. The van der Waals surface area contributed by atoms with Crippen LogP contribution < -0.4 is 5.32 Å². The molecular weight excluding hydrogens is 308 g/mol. The summed E-state index contributed by atoms with van der Waals surface area (Å²) in [6.07, 6.45) is 1.91. The third kappa shape index (κ3) is 5.16. The normalized spacial score (nSPS) is 19.6. The number of rotatable bonds is 9. The molecule has 6 heteroatoms. The maximum absolute atomic E-state index is 12.0. The lowest BCUT2D eigenvalue weighted by Crippen LogP contribution is -2.54. The van der Waals surface area contributed by atoms with Crippen LogP contribution in [-0.2, 0) is 9.59 Å². The van der Waals surface area contributed by atoms with Crippen molar-refractivity contribution in [2.45, 2.75) is 44.7 Å². The number of carboxylic acids is 1. The van der Waals surface area contributed by atoms with Crippen molar-refractivity contribution in [3.05, 3.63) is 35.9 Å². The molecule has 2 rings (SSSR count). The van der Waals surface area contributed by atoms with Crippen molar-refractivity contribution in [1.82, 2.24) is 10.2 Å². The fourth-order valence-corrected chi connectivity index (χ4v) is 2.97. The molecule has 2 N–H and O–H groups in total. The van der Waals surface area contributed by atoms with Crippen molar-refractivity contribution in [2.24, 2.45) is 0 Å². The van der Waals surface area contributed by atoms with Crippen LogP contribution in [0.3, 0.4) is 0 Å². The minimum Gasteiger partial charge on any atom is -0.480 e. The van der Waals surface area contributed by atoms with Gasteiger partial charge in [-0.25, -0.2) is 0 Å². The highest BCUT2D eigenvalue weighted by molar-refractivity contribution is 5.97. The Labute approximate surface area is 141 Å². The largest absolute Gasteiger partial charge is 0.480 e. The smallest absolute Gasteiger partial charge is 0.317 e. The van der Waals surface area contributed by atoms with Crippen LogP contribution in [0.2, 0.25) is 0 Å². The summed E-state index contributed by atoms with van der Waals surface area (Å²) in [6.45, 7) is 2.65. The van der Waals surface area contributed by atoms with Crippen LogP contribution in [-0.4, -0.2) is 52.8 Å². The van der Waals surface area contributed by atoms with Crippen LogP contribution in [0.25, 0.3) is 0 Å². The van der Waals surface area contributed by atoms with E-state index in [1.165, 1.54) is 0 Å². The molecule has 0 radical (unpaired) electrons. The predicted octanol–water partition coefficient (Wildman–Crippen LogP) is 1.70. The lowest BCUT2D eigenvalue weighted by atomic mass is 9.85. The zero-order chi connectivity index (χ0) is 17.5. The molecule has 130 valence electrons. The number of carbonyl (C=O) groups excluding carboxylic acids is 2. The summed E-state index contributed by atoms with van der Waals surface area (Å²) in [5.41, 5.74) is 0.626. The lowest BCUT2D eigenvalue weighted by molar-refractivity contribution is -0.139. The quantitative estimate of drug-likeness (QED) is 0.672. The Kier molecular flexibility index (Phi) is 6.49. The number of benzene rings is 1. The van der Waals surface area contributed by atoms with Gasteiger partial charge in [-0.1, -0.05) is 37.3 Å². The van der Waals surface area contributed by atoms with Crippen LogP contribution in [0.1, 0.15) is 43.0 Å². The number of Topliss-reactive ketones (excluding diaryl/α,β-unsaturated/α-hetero) is 1. The number of amides is 1. The summed E-state index contributed by atoms with van der Waals surface area (Å²) in [5, 5.41) is 11.8. The maximum atomic E-state index is 12.0. The Balaban J connectivity index is 1.67. The summed E-state index contributed by atoms with van der Waals surface area (Å²) < 4.78 is 0. The van der Waals surface area contributed by atoms with Crippen molar-refractivity contribution in [1.29, 1.82) is 0 Å². The number of carboxylic acid groups (broad SMARTS) is 1. The highest BCUT2D eigenvalue weighted by atomic mass is 16.4. The number of likely N-dealkylation sites (N-methyl/N-ethyl adjacent to an activating group) is 1. The predicted molar refractivity (Wildman–Crippen MR) is 89.8 cm³/mol. The van der Waals surface area contributed by atoms with Crippen molar-refractivity contribution in [3.63, 3.8) is 0 Å². The Bertz CT molecular complexity index is 582. The van der Waals surface area contributed by atoms with Gasteiger partial charge in [0.15, 0.2) is 5.78 Å². The van der Waals surface area contributed by atoms with E-state index >= 15 is 0 Å². The first kappa shape index (κ1) is 18.1. The molecule has 0 heterocycles. The molecule has 1 aliphatic rings. The minimum absolute atomic E-state index is 0.0316. The van der Waals surface area contributed by atoms with Crippen LogP contribution in [0.5, 0.6) is 0 Å². The van der Waals surface area contributed by atoms with E-state index in [4.69, 9.17) is 5.11 Å². The van der Waals surface area contributed by atoms with Gasteiger partial charge >= 0.3 is 5.97 Å². The van der Waals surface area contributed by atoms with E-state index in [0.717, 1.165) is 12.8 Å². The molecular formula is C18H24N2O4. The van der Waals surface area contributed by atoms with Gasteiger partial charge in [-0.05, 0) is 19.4 Å². The molecule has 6 nitrogen and oxygen atoms in total. The van der Waals surface area contributed by atoms with Gasteiger partial charge in [-0.3, -0.25) is 19.3 Å². The minimum atomic E-state index is -0.830. The van der Waals surface area contributed by atoms with Crippen LogP contribution in [0, 0.1) is 0 Å². The molecule has 1 aromatic carbocycles. The summed E-state index contributed by atoms with van der Waals surface area (Å²) in [7, 11) is 0. The molecule has 1 amide bonds. The third-order valence-electron chi connectivity index (χ3n) is 4.41. The number of hydrogen-bond donors (Lipinski definition) is 2. The zero-order valence-electron chi connectivity index (χ0n) is 13.9. The molecule has 0 bridgehead atoms. The fourth-order valence-electron chi connectivity index (χ4n) is 2.97. The number of hydrogen-bond acceptors (Lipinski definition) is 4. The van der Waals surface area contributed by atoms with Crippen molar-refractivity contribution in [2.75, 3.05) is 13.1 Å². The monoisotopic (exact) mass is 332 g/mol. The van der Waals surface area contributed by atoms with E-state index in [1.807, 2.05) is 17.9 Å². The number of carbonyl (C=O) groups is 3. The van der Waals surface area contributed by atoms with Gasteiger partial charge in [0, 0.05) is 30.5 Å². The van der Waals surface area contributed by atoms with Gasteiger partial charge in [0.25, 0.3) is 0 Å². The lowest BCUT2D eigenvalue weighted by Gasteiger charge is -2.42. The van der Waals surface area contributed by atoms with E-state index in [0.29, 0.717) is 12.1 Å². The molecule has 1 aliphatic carbocycles. The molecule has 0 atom stereocenters. The highest BCUT2D eigenvalue weighted by Gasteiger charge is 2.34. The molecule has 0 spiro atoms. The third-order valence-corrected chi connectivity index (χ3v) is 4.41. The second-order valence-electron chi connectivity index (χ2n) is 6.14. The van der Waals surface area contributed by atoms with Crippen molar-refractivity contribution in [3.8, 4) is 0 Å². The fraction of sp³-hybridized carbons (Fsp3) is 0.500. The van der Waals surface area contributed by atoms with E-state index in [2.05, 4.69) is 5.32 Å². The summed E-state index contributed by atoms with van der Waals surface area (Å²) in [5.74, 6) is -0.983. The Morgan fingerprint density at radius 3 is 2.42 bits per heavy atom. The summed E-state index contributed by atoms with van der Waals surface area (Å²) in [4.78, 5) is 36.6. The van der Waals surface area contributed by atoms with E-state index in [1.54, 1.807) is 24.3 Å². The van der Waals surface area contributed by atoms with Gasteiger partial charge in [0.05, 0.1) is 6.54 Å². The standard InChI is InChI=1S/C18H24N2O4/c1-2-20(12-18(23)24)15-10-14(11-15)19-17(22)9-8-16(21)13-6-4-3-5-7-13/h3-7,14-15H,2,8-12H2,1H3,(H,19,22)(H,23,24). The second kappa shape index (κ2) is 8.59. The van der Waals surface area contributed by atoms with Gasteiger partial charge < -0.3 is 10.4 Å². The van der Waals surface area contributed by atoms with Crippen LogP contribution in [0.4, 0.5) is 0 Å². The Morgan fingerprint density at radius 1 is 1.17 bits per heavy atom. The number of aliphatic carboxylic acids is 1. The van der Waals surface area contributed by atoms with E-state index in [-0.39, 0.29) is 43.2 Å². The highest BCUT2D eigenvalue weighted by Crippen LogP contribution is 2.25. The molecule has 0 aromatic heterocycles. The van der Waals surface area contributed by atoms with Crippen molar-refractivity contribution < 1.29 is 19.5 Å². The van der Waals surface area contributed by atoms with Gasteiger partial charge in [0.2, 0.25) is 5.91 Å². The van der Waals surface area contributed by atoms with E-state index in [9.17, 15) is 14.4 Å². The van der Waals surface area contributed by atoms with Gasteiger partial charge in [-0.15, -0.1) is 0 Å². The molecule has 0 aliphatic heterocycles. The molecule has 1 saturated carbocycles.